The Balaban J connectivity index is 2.33. The van der Waals surface area contributed by atoms with E-state index < -0.39 is 5.97 Å². The molecule has 0 atom stereocenters. The monoisotopic (exact) mass is 293 g/mol. The van der Waals surface area contributed by atoms with Crippen LogP contribution in [-0.4, -0.2) is 21.8 Å². The molecule has 0 aliphatic carbocycles. The molecule has 1 aromatic heterocycles. The van der Waals surface area contributed by atoms with Crippen LogP contribution in [0.5, 0.6) is 0 Å². The molecule has 1 aromatic carbocycles. The van der Waals surface area contributed by atoms with E-state index in [9.17, 15) is 4.79 Å². The first-order valence-corrected chi connectivity index (χ1v) is 8.01. The summed E-state index contributed by atoms with van der Waals surface area (Å²) in [5.74, 6) is 1.07. The summed E-state index contributed by atoms with van der Waals surface area (Å²) in [4.78, 5) is 16.4. The molecule has 0 spiro atoms. The fourth-order valence-corrected chi connectivity index (χ4v) is 3.54. The second kappa shape index (κ2) is 6.73. The van der Waals surface area contributed by atoms with Crippen LogP contribution < -0.4 is 0 Å². The molecule has 0 radical (unpaired) electrons. The SMILES string of the molecule is CCSCc1nc(-c2ccccc2)c(CC(=O)O)s1. The average Bonchev–Trinajstić information content (AvgIpc) is 2.79. The Morgan fingerprint density at radius 2 is 2.11 bits per heavy atom. The number of hydrogen-bond acceptors (Lipinski definition) is 4. The first-order chi connectivity index (χ1) is 9.20. The summed E-state index contributed by atoms with van der Waals surface area (Å²) in [7, 11) is 0. The summed E-state index contributed by atoms with van der Waals surface area (Å²) in [6.07, 6.45) is 0.0404. The van der Waals surface area contributed by atoms with E-state index in [-0.39, 0.29) is 6.42 Å². The summed E-state index contributed by atoms with van der Waals surface area (Å²) >= 11 is 3.31. The van der Waals surface area contributed by atoms with Gasteiger partial charge in [-0.05, 0) is 5.75 Å². The smallest absolute Gasteiger partial charge is 0.308 e. The summed E-state index contributed by atoms with van der Waals surface area (Å²) < 4.78 is 0. The summed E-state index contributed by atoms with van der Waals surface area (Å²) in [6.45, 7) is 2.11. The molecule has 0 aliphatic rings. The molecule has 0 amide bonds. The van der Waals surface area contributed by atoms with Crippen LogP contribution in [0.4, 0.5) is 0 Å². The summed E-state index contributed by atoms with van der Waals surface area (Å²) in [5, 5.41) is 10.00. The van der Waals surface area contributed by atoms with Crippen LogP contribution >= 0.6 is 23.1 Å². The maximum atomic E-state index is 10.9. The van der Waals surface area contributed by atoms with Crippen molar-refractivity contribution < 1.29 is 9.90 Å². The lowest BCUT2D eigenvalue weighted by Crippen LogP contribution is -1.99. The molecule has 0 saturated carbocycles. The van der Waals surface area contributed by atoms with Crippen molar-refractivity contribution in [3.8, 4) is 11.3 Å². The second-order valence-electron chi connectivity index (χ2n) is 3.95. The van der Waals surface area contributed by atoms with E-state index in [2.05, 4.69) is 11.9 Å². The van der Waals surface area contributed by atoms with Crippen molar-refractivity contribution in [1.82, 2.24) is 4.98 Å². The van der Waals surface area contributed by atoms with Crippen LogP contribution in [0.1, 0.15) is 16.8 Å². The van der Waals surface area contributed by atoms with E-state index in [4.69, 9.17) is 5.11 Å². The van der Waals surface area contributed by atoms with Gasteiger partial charge in [-0.25, -0.2) is 4.98 Å². The van der Waals surface area contributed by atoms with Crippen LogP contribution in [0.15, 0.2) is 30.3 Å². The molecule has 3 nitrogen and oxygen atoms in total. The van der Waals surface area contributed by atoms with E-state index in [1.807, 2.05) is 30.3 Å². The zero-order valence-corrected chi connectivity index (χ0v) is 12.3. The van der Waals surface area contributed by atoms with Gasteiger partial charge in [0.1, 0.15) is 5.01 Å². The van der Waals surface area contributed by atoms with Crippen LogP contribution in [-0.2, 0) is 17.0 Å². The molecular formula is C14H15NO2S2. The predicted molar refractivity (Wildman–Crippen MR) is 80.7 cm³/mol. The molecule has 100 valence electrons. The fourth-order valence-electron chi connectivity index (χ4n) is 1.73. The van der Waals surface area contributed by atoms with Crippen molar-refractivity contribution in [3.05, 3.63) is 40.2 Å². The van der Waals surface area contributed by atoms with Gasteiger partial charge in [-0.2, -0.15) is 11.8 Å². The first-order valence-electron chi connectivity index (χ1n) is 6.04. The normalized spacial score (nSPS) is 10.6. The van der Waals surface area contributed by atoms with Crippen LogP contribution in [0.25, 0.3) is 11.3 Å². The highest BCUT2D eigenvalue weighted by molar-refractivity contribution is 7.98. The van der Waals surface area contributed by atoms with Gasteiger partial charge in [-0.15, -0.1) is 11.3 Å². The molecule has 2 aromatic rings. The molecule has 1 N–H and O–H groups in total. The third-order valence-corrected chi connectivity index (χ3v) is 4.65. The van der Waals surface area contributed by atoms with Gasteiger partial charge in [0, 0.05) is 16.2 Å². The van der Waals surface area contributed by atoms with Crippen molar-refractivity contribution in [2.24, 2.45) is 0 Å². The number of aromatic nitrogens is 1. The van der Waals surface area contributed by atoms with Gasteiger partial charge in [0.05, 0.1) is 12.1 Å². The fraction of sp³-hybridized carbons (Fsp3) is 0.286. The lowest BCUT2D eigenvalue weighted by molar-refractivity contribution is -0.136. The van der Waals surface area contributed by atoms with Crippen LogP contribution in [0.2, 0.25) is 0 Å². The van der Waals surface area contributed by atoms with Crippen molar-refractivity contribution in [2.75, 3.05) is 5.75 Å². The second-order valence-corrected chi connectivity index (χ2v) is 6.40. The summed E-state index contributed by atoms with van der Waals surface area (Å²) in [6, 6.07) is 9.77. The van der Waals surface area contributed by atoms with Gasteiger partial charge in [0.25, 0.3) is 0 Å². The zero-order valence-electron chi connectivity index (χ0n) is 10.6. The number of nitrogens with zero attached hydrogens (tertiary/aromatic N) is 1. The number of benzene rings is 1. The third kappa shape index (κ3) is 3.81. The minimum absolute atomic E-state index is 0.0404. The first kappa shape index (κ1) is 14.1. The standard InChI is InChI=1S/C14H15NO2S2/c1-2-18-9-12-15-14(10-6-4-3-5-7-10)11(19-12)8-13(16)17/h3-7H,2,8-9H2,1H3,(H,16,17). The van der Waals surface area contributed by atoms with E-state index in [1.54, 1.807) is 11.8 Å². The number of carbonyl (C=O) groups is 1. The minimum Gasteiger partial charge on any atom is -0.481 e. The maximum absolute atomic E-state index is 10.9. The maximum Gasteiger partial charge on any atom is 0.308 e. The lowest BCUT2D eigenvalue weighted by Gasteiger charge is -1.99. The average molecular weight is 293 g/mol. The number of thiazole rings is 1. The molecule has 0 aliphatic heterocycles. The Labute approximate surface area is 120 Å². The van der Waals surface area contributed by atoms with Gasteiger partial charge in [0.15, 0.2) is 0 Å². The largest absolute Gasteiger partial charge is 0.481 e. The van der Waals surface area contributed by atoms with Gasteiger partial charge in [0.2, 0.25) is 0 Å². The van der Waals surface area contributed by atoms with Crippen molar-refractivity contribution in [3.63, 3.8) is 0 Å². The number of carboxylic acid groups (broad SMARTS) is 1. The number of carboxylic acids is 1. The highest BCUT2D eigenvalue weighted by Gasteiger charge is 2.15. The zero-order chi connectivity index (χ0) is 13.7. The molecule has 0 unspecified atom stereocenters. The minimum atomic E-state index is -0.810. The highest BCUT2D eigenvalue weighted by atomic mass is 32.2. The Morgan fingerprint density at radius 3 is 2.74 bits per heavy atom. The molecule has 19 heavy (non-hydrogen) atoms. The lowest BCUT2D eigenvalue weighted by atomic mass is 10.1. The van der Waals surface area contributed by atoms with Gasteiger partial charge in [-0.3, -0.25) is 4.79 Å². The Morgan fingerprint density at radius 1 is 1.37 bits per heavy atom. The van der Waals surface area contributed by atoms with Gasteiger partial charge >= 0.3 is 5.97 Å². The predicted octanol–water partition coefficient (Wildman–Crippen LogP) is 3.69. The molecule has 1 heterocycles. The Kier molecular flexibility index (Phi) is 4.99. The molecule has 0 saturated heterocycles. The quantitative estimate of drug-likeness (QED) is 0.882. The number of rotatable bonds is 6. The highest BCUT2D eigenvalue weighted by Crippen LogP contribution is 2.30. The van der Waals surface area contributed by atoms with E-state index in [1.165, 1.54) is 11.3 Å². The molecular weight excluding hydrogens is 278 g/mol. The molecule has 0 bridgehead atoms. The number of hydrogen-bond donors (Lipinski definition) is 1. The van der Waals surface area contributed by atoms with Crippen molar-refractivity contribution in [2.45, 2.75) is 19.1 Å². The third-order valence-electron chi connectivity index (χ3n) is 2.53. The number of thioether (sulfide) groups is 1. The van der Waals surface area contributed by atoms with Gasteiger partial charge < -0.3 is 5.11 Å². The van der Waals surface area contributed by atoms with E-state index >= 15 is 0 Å². The summed E-state index contributed by atoms with van der Waals surface area (Å²) in [5.41, 5.74) is 1.81. The van der Waals surface area contributed by atoms with Crippen LogP contribution in [0.3, 0.4) is 0 Å². The Hall–Kier alpha value is -1.33. The van der Waals surface area contributed by atoms with E-state index in [0.29, 0.717) is 0 Å². The number of aliphatic carboxylic acids is 1. The van der Waals surface area contributed by atoms with Crippen LogP contribution in [0, 0.1) is 0 Å². The molecule has 0 fully saturated rings. The Bertz CT molecular complexity index is 552. The van der Waals surface area contributed by atoms with Gasteiger partial charge in [-0.1, -0.05) is 37.3 Å². The van der Waals surface area contributed by atoms with E-state index in [0.717, 1.165) is 32.6 Å². The topological polar surface area (TPSA) is 50.2 Å². The molecule has 2 rings (SSSR count). The molecule has 5 heteroatoms. The van der Waals surface area contributed by atoms with Crippen molar-refractivity contribution >= 4 is 29.1 Å². The van der Waals surface area contributed by atoms with Crippen molar-refractivity contribution in [1.29, 1.82) is 0 Å².